The molecule has 0 aromatic rings. The maximum Gasteiger partial charge on any atom is 0.431 e. The maximum atomic E-state index is 13.6. The van der Waals surface area contributed by atoms with Gasteiger partial charge in [-0.1, -0.05) is 0 Å². The Morgan fingerprint density at radius 1 is 1.14 bits per heavy atom. The topological polar surface area (TPSA) is 35.5 Å². The molecule has 0 spiro atoms. The lowest BCUT2D eigenvalue weighted by atomic mass is 9.84. The molecule has 0 bridgehead atoms. The van der Waals surface area contributed by atoms with E-state index in [-0.39, 0.29) is 0 Å². The van der Waals surface area contributed by atoms with E-state index in [4.69, 9.17) is 11.2 Å². The van der Waals surface area contributed by atoms with E-state index < -0.39 is 24.3 Å². The second kappa shape index (κ2) is 2.88. The normalized spacial score (nSPS) is 46.2. The van der Waals surface area contributed by atoms with Gasteiger partial charge in [-0.2, -0.15) is 8.78 Å². The van der Waals surface area contributed by atoms with Crippen LogP contribution in [0, 0.1) is 5.41 Å². The molecule has 1 aliphatic heterocycles. The van der Waals surface area contributed by atoms with Crippen molar-refractivity contribution in [2.45, 2.75) is 32.7 Å². The van der Waals surface area contributed by atoms with E-state index in [1.54, 1.807) is 0 Å². The van der Waals surface area contributed by atoms with Crippen molar-refractivity contribution in [3.8, 4) is 0 Å². The van der Waals surface area contributed by atoms with Crippen LogP contribution in [-0.2, 0) is 13.6 Å². The Labute approximate surface area is 83.8 Å². The zero-order chi connectivity index (χ0) is 11.4. The Kier molecular flexibility index (Phi) is 2.53. The largest absolute Gasteiger partial charge is 0.431 e. The molecule has 3 nitrogen and oxygen atoms in total. The van der Waals surface area contributed by atoms with Crippen LogP contribution in [0.5, 0.6) is 0 Å². The minimum Gasteiger partial charge on any atom is -0.258 e. The molecule has 0 radical (unpaired) electrons. The summed E-state index contributed by atoms with van der Waals surface area (Å²) in [4.78, 5) is 0. The molecule has 1 rings (SSSR count). The van der Waals surface area contributed by atoms with Crippen molar-refractivity contribution in [2.75, 3.05) is 0 Å². The lowest BCUT2D eigenvalue weighted by molar-refractivity contribution is -0.345. The average Bonchev–Trinajstić information content (AvgIpc) is 1.77. The van der Waals surface area contributed by atoms with Gasteiger partial charge in [0.1, 0.15) is 5.41 Å². The zero-order valence-corrected chi connectivity index (χ0v) is 9.33. The molecule has 1 aliphatic rings. The van der Waals surface area contributed by atoms with Gasteiger partial charge in [-0.25, -0.2) is 13.5 Å². The summed E-state index contributed by atoms with van der Waals surface area (Å²) in [7, 11) is 0. The fourth-order valence-corrected chi connectivity index (χ4v) is 2.67. The molecule has 1 unspecified atom stereocenters. The molecule has 14 heavy (non-hydrogen) atoms. The minimum atomic E-state index is -4.56. The third-order valence-electron chi connectivity index (χ3n) is 2.35. The monoisotopic (exact) mass is 252 g/mol. The van der Waals surface area contributed by atoms with Crippen molar-refractivity contribution >= 4 is 18.2 Å². The summed E-state index contributed by atoms with van der Waals surface area (Å²) in [5.41, 5.74) is -2.28. The molecule has 2 atom stereocenters. The fourth-order valence-electron chi connectivity index (χ4n) is 0.849. The van der Waals surface area contributed by atoms with Crippen LogP contribution in [0.2, 0.25) is 0 Å². The molecule has 8 heteroatoms. The smallest absolute Gasteiger partial charge is 0.258 e. The van der Waals surface area contributed by atoms with Gasteiger partial charge in [-0.3, -0.25) is 4.52 Å². The van der Waals surface area contributed by atoms with Crippen LogP contribution in [0.1, 0.15) is 20.8 Å². The average molecular weight is 253 g/mol. The third kappa shape index (κ3) is 1.69. The highest BCUT2D eigenvalue weighted by molar-refractivity contribution is 7.81. The predicted molar refractivity (Wildman–Crippen MR) is 43.9 cm³/mol. The summed E-state index contributed by atoms with van der Waals surface area (Å²) in [5.74, 6) is -2.83. The van der Waals surface area contributed by atoms with Crippen molar-refractivity contribution in [1.82, 2.24) is 0 Å². The second-order valence-corrected chi connectivity index (χ2v) is 6.14. The van der Waals surface area contributed by atoms with E-state index in [2.05, 4.69) is 9.05 Å². The van der Waals surface area contributed by atoms with Crippen LogP contribution >= 0.6 is 18.2 Å². The van der Waals surface area contributed by atoms with E-state index >= 15 is 0 Å². The molecule has 1 heterocycles. The molecule has 0 aromatic heterocycles. The summed E-state index contributed by atoms with van der Waals surface area (Å²) in [6.45, 7) is -2.04. The molecule has 0 N–H and O–H groups in total. The molecular formula is C6H9ClF3O3P. The third-order valence-corrected chi connectivity index (χ3v) is 3.77. The predicted octanol–water partition coefficient (Wildman–Crippen LogP) is 3.68. The molecule has 84 valence electrons. The van der Waals surface area contributed by atoms with Crippen LogP contribution in [0.25, 0.3) is 0 Å². The van der Waals surface area contributed by atoms with Crippen LogP contribution < -0.4 is 0 Å². The van der Waals surface area contributed by atoms with Gasteiger partial charge in [0.15, 0.2) is 0 Å². The van der Waals surface area contributed by atoms with E-state index in [9.17, 15) is 17.7 Å². The highest BCUT2D eigenvalue weighted by Crippen LogP contribution is 2.70. The first-order chi connectivity index (χ1) is 5.91. The van der Waals surface area contributed by atoms with E-state index in [1.165, 1.54) is 0 Å². The van der Waals surface area contributed by atoms with E-state index in [0.717, 1.165) is 20.8 Å². The standard InChI is InChI=1S/C6H9ClF3O3P/c1-4(2)5(3,8)12-14(7,11)13-6(4,9)10/h1-3H3/t5?,14-/m1/s1. The van der Waals surface area contributed by atoms with Gasteiger partial charge in [0.25, 0.3) is 0 Å². The summed E-state index contributed by atoms with van der Waals surface area (Å²) < 4.78 is 58.8. The Balaban J connectivity index is 3.20. The quantitative estimate of drug-likeness (QED) is 0.617. The van der Waals surface area contributed by atoms with Crippen LogP contribution in [0.15, 0.2) is 0 Å². The van der Waals surface area contributed by atoms with Crippen LogP contribution in [0.3, 0.4) is 0 Å². The minimum absolute atomic E-state index is 0.735. The highest BCUT2D eigenvalue weighted by atomic mass is 35.7. The number of rotatable bonds is 0. The molecular weight excluding hydrogens is 243 g/mol. The van der Waals surface area contributed by atoms with Gasteiger partial charge in [-0.05, 0) is 20.8 Å². The van der Waals surface area contributed by atoms with Gasteiger partial charge in [-0.15, -0.1) is 0 Å². The first-order valence-corrected chi connectivity index (χ1v) is 6.14. The Morgan fingerprint density at radius 3 is 1.93 bits per heavy atom. The first-order valence-electron chi connectivity index (χ1n) is 3.69. The molecule has 0 aromatic carbocycles. The Hall–Kier alpha value is 0.230. The number of halogens is 4. The van der Waals surface area contributed by atoms with Gasteiger partial charge in [0.05, 0.1) is 0 Å². The summed E-state index contributed by atoms with van der Waals surface area (Å²) in [6.07, 6.45) is -3.95. The summed E-state index contributed by atoms with van der Waals surface area (Å²) >= 11 is 4.96. The molecule has 0 aliphatic carbocycles. The lowest BCUT2D eigenvalue weighted by Gasteiger charge is -2.46. The highest BCUT2D eigenvalue weighted by Gasteiger charge is 2.69. The van der Waals surface area contributed by atoms with Crippen molar-refractivity contribution in [2.24, 2.45) is 5.41 Å². The van der Waals surface area contributed by atoms with Crippen LogP contribution in [0.4, 0.5) is 13.2 Å². The number of hydrogen-bond donors (Lipinski definition) is 0. The maximum absolute atomic E-state index is 13.6. The fraction of sp³-hybridized carbons (Fsp3) is 1.00. The molecule has 0 saturated carbocycles. The summed E-state index contributed by atoms with van der Waals surface area (Å²) in [5, 5.41) is 0. The van der Waals surface area contributed by atoms with Crippen molar-refractivity contribution in [1.29, 1.82) is 0 Å². The van der Waals surface area contributed by atoms with Crippen molar-refractivity contribution in [3.63, 3.8) is 0 Å². The summed E-state index contributed by atoms with van der Waals surface area (Å²) in [6, 6.07) is 0. The van der Waals surface area contributed by atoms with Gasteiger partial charge in [0, 0.05) is 11.2 Å². The second-order valence-electron chi connectivity index (χ2n) is 3.67. The molecule has 1 fully saturated rings. The molecule has 0 amide bonds. The lowest BCUT2D eigenvalue weighted by Crippen LogP contribution is -2.55. The zero-order valence-electron chi connectivity index (χ0n) is 7.68. The number of alkyl halides is 3. The Morgan fingerprint density at radius 2 is 1.57 bits per heavy atom. The SMILES string of the molecule is CC1(F)O[P@](=O)(Cl)OC(F)(F)C1(C)C. The Bertz CT molecular complexity index is 281. The van der Waals surface area contributed by atoms with Gasteiger partial charge in [0.2, 0.25) is 5.85 Å². The van der Waals surface area contributed by atoms with Crippen molar-refractivity contribution in [3.05, 3.63) is 0 Å². The van der Waals surface area contributed by atoms with Crippen molar-refractivity contribution < 1.29 is 26.8 Å². The molecule has 1 saturated heterocycles. The van der Waals surface area contributed by atoms with Gasteiger partial charge < -0.3 is 0 Å². The van der Waals surface area contributed by atoms with E-state index in [1.807, 2.05) is 0 Å². The first kappa shape index (κ1) is 12.3. The number of hydrogen-bond acceptors (Lipinski definition) is 3. The van der Waals surface area contributed by atoms with E-state index in [0.29, 0.717) is 0 Å². The van der Waals surface area contributed by atoms with Gasteiger partial charge >= 0.3 is 13.1 Å². The van der Waals surface area contributed by atoms with Crippen LogP contribution in [-0.4, -0.2) is 12.0 Å².